The summed E-state index contributed by atoms with van der Waals surface area (Å²) in [6, 6.07) is 8.26. The molecule has 3 aromatic rings. The molecular weight excluding hydrogens is 416 g/mol. The van der Waals surface area contributed by atoms with Gasteiger partial charge in [-0.3, -0.25) is 4.79 Å². The summed E-state index contributed by atoms with van der Waals surface area (Å²) < 4.78 is 14.7. The number of ether oxygens (including phenoxy) is 2. The number of nitrogens with zero attached hydrogens (tertiary/aromatic N) is 2. The molecule has 1 aliphatic rings. The molecule has 2 aromatic carbocycles. The van der Waals surface area contributed by atoms with Crippen molar-refractivity contribution in [1.29, 1.82) is 0 Å². The fourth-order valence-corrected chi connectivity index (χ4v) is 5.33. The predicted molar refractivity (Wildman–Crippen MR) is 124 cm³/mol. The lowest BCUT2D eigenvalue weighted by Crippen LogP contribution is -2.19. The third-order valence-electron chi connectivity index (χ3n) is 5.25. The first-order valence-corrected chi connectivity index (χ1v) is 12.2. The second-order valence-corrected chi connectivity index (χ2v) is 9.55. The van der Waals surface area contributed by atoms with Crippen LogP contribution in [0, 0.1) is 20.8 Å². The fourth-order valence-electron chi connectivity index (χ4n) is 3.88. The first-order valence-electron chi connectivity index (χ1n) is 10.0. The number of fused-ring (bicyclic) bond motifs is 2. The van der Waals surface area contributed by atoms with Crippen LogP contribution in [0.5, 0.6) is 11.5 Å². The van der Waals surface area contributed by atoms with E-state index in [0.29, 0.717) is 19.6 Å². The molecule has 0 unspecified atom stereocenters. The van der Waals surface area contributed by atoms with Crippen LogP contribution in [0.1, 0.15) is 22.3 Å². The average molecular weight is 443 g/mol. The first kappa shape index (κ1) is 21.0. The van der Waals surface area contributed by atoms with Gasteiger partial charge in [0, 0.05) is 24.4 Å². The van der Waals surface area contributed by atoms with Gasteiger partial charge in [0.2, 0.25) is 0 Å². The summed E-state index contributed by atoms with van der Waals surface area (Å²) >= 11 is 3.30. The SMILES string of the molecule is CSCCn1c(=NC(=O)Cc2c(C)cc(C)cc2C)sc2cc3c(cc21)OCCO3. The fraction of sp³-hybridized carbons (Fsp3) is 0.391. The van der Waals surface area contributed by atoms with Crippen molar-refractivity contribution < 1.29 is 14.3 Å². The van der Waals surface area contributed by atoms with E-state index in [1.165, 1.54) is 16.9 Å². The summed E-state index contributed by atoms with van der Waals surface area (Å²) in [4.78, 5) is 18.2. The zero-order valence-electron chi connectivity index (χ0n) is 17.8. The molecule has 0 saturated heterocycles. The average Bonchev–Trinajstić information content (AvgIpc) is 3.03. The molecule has 30 heavy (non-hydrogen) atoms. The van der Waals surface area contributed by atoms with E-state index in [2.05, 4.69) is 48.7 Å². The van der Waals surface area contributed by atoms with Crippen molar-refractivity contribution in [2.45, 2.75) is 33.7 Å². The second kappa shape index (κ2) is 8.86. The molecule has 0 N–H and O–H groups in total. The smallest absolute Gasteiger partial charge is 0.252 e. The Morgan fingerprint density at radius 2 is 1.77 bits per heavy atom. The van der Waals surface area contributed by atoms with Gasteiger partial charge in [-0.2, -0.15) is 16.8 Å². The van der Waals surface area contributed by atoms with Crippen LogP contribution in [-0.4, -0.2) is 35.7 Å². The van der Waals surface area contributed by atoms with E-state index in [1.807, 2.05) is 12.1 Å². The molecule has 1 amide bonds. The van der Waals surface area contributed by atoms with Crippen LogP contribution < -0.4 is 14.3 Å². The lowest BCUT2D eigenvalue weighted by Gasteiger charge is -2.18. The van der Waals surface area contributed by atoms with Gasteiger partial charge >= 0.3 is 0 Å². The molecule has 0 fully saturated rings. The lowest BCUT2D eigenvalue weighted by molar-refractivity contribution is -0.117. The summed E-state index contributed by atoms with van der Waals surface area (Å²) in [5, 5.41) is 0. The standard InChI is InChI=1S/C23H26N2O3S2/c1-14-9-15(2)17(16(3)10-14)11-22(26)24-23-25(5-8-29-4)18-12-19-20(13-21(18)30-23)28-7-6-27-19/h9-10,12-13H,5-8,11H2,1-4H3. The summed E-state index contributed by atoms with van der Waals surface area (Å²) in [6.45, 7) is 8.10. The highest BCUT2D eigenvalue weighted by Gasteiger charge is 2.17. The van der Waals surface area contributed by atoms with E-state index < -0.39 is 0 Å². The number of benzene rings is 2. The summed E-state index contributed by atoms with van der Waals surface area (Å²) in [6.07, 6.45) is 2.40. The maximum Gasteiger partial charge on any atom is 0.252 e. The van der Waals surface area contributed by atoms with Gasteiger partial charge in [0.1, 0.15) is 13.2 Å². The predicted octanol–water partition coefficient (Wildman–Crippen LogP) is 4.43. The molecule has 0 radical (unpaired) electrons. The number of amides is 1. The van der Waals surface area contributed by atoms with Crippen LogP contribution >= 0.6 is 23.1 Å². The Hall–Kier alpha value is -2.25. The molecule has 4 rings (SSSR count). The molecule has 0 bridgehead atoms. The van der Waals surface area contributed by atoms with Crippen molar-refractivity contribution in [3.05, 3.63) is 51.3 Å². The van der Waals surface area contributed by atoms with Crippen molar-refractivity contribution >= 4 is 39.2 Å². The lowest BCUT2D eigenvalue weighted by atomic mass is 9.97. The highest BCUT2D eigenvalue weighted by molar-refractivity contribution is 7.98. The summed E-state index contributed by atoms with van der Waals surface area (Å²) in [5.74, 6) is 2.34. The molecule has 5 nitrogen and oxygen atoms in total. The van der Waals surface area contributed by atoms with Crippen molar-refractivity contribution in [3.8, 4) is 11.5 Å². The second-order valence-electron chi connectivity index (χ2n) is 7.55. The van der Waals surface area contributed by atoms with Gasteiger partial charge < -0.3 is 14.0 Å². The minimum atomic E-state index is -0.119. The molecule has 1 aromatic heterocycles. The largest absolute Gasteiger partial charge is 0.486 e. The van der Waals surface area contributed by atoms with Crippen molar-refractivity contribution in [2.75, 3.05) is 25.2 Å². The number of aryl methyl sites for hydroxylation is 4. The minimum absolute atomic E-state index is 0.119. The molecule has 7 heteroatoms. The zero-order chi connectivity index (χ0) is 21.3. The van der Waals surface area contributed by atoms with Gasteiger partial charge in [-0.15, -0.1) is 0 Å². The first-order chi connectivity index (χ1) is 14.5. The Labute approximate surface area is 184 Å². The minimum Gasteiger partial charge on any atom is -0.486 e. The summed E-state index contributed by atoms with van der Waals surface area (Å²) in [5.41, 5.74) is 5.61. The number of thiazole rings is 1. The van der Waals surface area contributed by atoms with Crippen LogP contribution in [0.25, 0.3) is 10.2 Å². The Balaban J connectivity index is 1.75. The quantitative estimate of drug-likeness (QED) is 0.587. The van der Waals surface area contributed by atoms with Gasteiger partial charge in [-0.25, -0.2) is 0 Å². The highest BCUT2D eigenvalue weighted by Crippen LogP contribution is 2.35. The van der Waals surface area contributed by atoms with Crippen molar-refractivity contribution in [2.24, 2.45) is 4.99 Å². The number of hydrogen-bond acceptors (Lipinski definition) is 5. The van der Waals surface area contributed by atoms with Crippen molar-refractivity contribution in [1.82, 2.24) is 4.57 Å². The van der Waals surface area contributed by atoms with E-state index in [4.69, 9.17) is 9.47 Å². The van der Waals surface area contributed by atoms with Crippen LogP contribution in [0.2, 0.25) is 0 Å². The number of carbonyl (C=O) groups is 1. The van der Waals surface area contributed by atoms with Gasteiger partial charge in [0.05, 0.1) is 16.6 Å². The molecular formula is C23H26N2O3S2. The third-order valence-corrected chi connectivity index (χ3v) is 6.89. The van der Waals surface area contributed by atoms with Crippen LogP contribution in [0.4, 0.5) is 0 Å². The van der Waals surface area contributed by atoms with Crippen molar-refractivity contribution in [3.63, 3.8) is 0 Å². The molecule has 0 atom stereocenters. The highest BCUT2D eigenvalue weighted by atomic mass is 32.2. The molecule has 0 saturated carbocycles. The third kappa shape index (κ3) is 4.27. The Morgan fingerprint density at radius 3 is 2.43 bits per heavy atom. The number of aromatic nitrogens is 1. The molecule has 0 aliphatic carbocycles. The Bertz CT molecular complexity index is 1150. The molecule has 2 heterocycles. The Kier molecular flexibility index (Phi) is 6.20. The molecule has 0 spiro atoms. The Morgan fingerprint density at radius 1 is 1.10 bits per heavy atom. The summed E-state index contributed by atoms with van der Waals surface area (Å²) in [7, 11) is 0. The van der Waals surface area contributed by atoms with Gasteiger partial charge in [-0.05, 0) is 43.7 Å². The topological polar surface area (TPSA) is 52.8 Å². The maximum absolute atomic E-state index is 12.9. The van der Waals surface area contributed by atoms with E-state index in [1.54, 1.807) is 11.8 Å². The van der Waals surface area contributed by atoms with Gasteiger partial charge in [-0.1, -0.05) is 29.0 Å². The van der Waals surface area contributed by atoms with Gasteiger partial charge in [0.25, 0.3) is 5.91 Å². The van der Waals surface area contributed by atoms with E-state index in [-0.39, 0.29) is 5.91 Å². The van der Waals surface area contributed by atoms with E-state index in [0.717, 1.165) is 55.5 Å². The van der Waals surface area contributed by atoms with Crippen LogP contribution in [-0.2, 0) is 17.8 Å². The number of rotatable bonds is 5. The maximum atomic E-state index is 12.9. The number of carbonyl (C=O) groups excluding carboxylic acids is 1. The van der Waals surface area contributed by atoms with Crippen LogP contribution in [0.3, 0.4) is 0 Å². The normalized spacial score (nSPS) is 13.8. The number of thioether (sulfide) groups is 1. The zero-order valence-corrected chi connectivity index (χ0v) is 19.4. The monoisotopic (exact) mass is 442 g/mol. The molecule has 1 aliphatic heterocycles. The van der Waals surface area contributed by atoms with E-state index in [9.17, 15) is 4.79 Å². The van der Waals surface area contributed by atoms with Crippen LogP contribution in [0.15, 0.2) is 29.3 Å². The number of hydrogen-bond donors (Lipinski definition) is 0. The van der Waals surface area contributed by atoms with Gasteiger partial charge in [0.15, 0.2) is 16.3 Å². The van der Waals surface area contributed by atoms with E-state index >= 15 is 0 Å². The molecule has 158 valence electrons.